The van der Waals surface area contributed by atoms with E-state index in [0.29, 0.717) is 24.1 Å². The van der Waals surface area contributed by atoms with E-state index in [9.17, 15) is 5.11 Å². The van der Waals surface area contributed by atoms with E-state index in [4.69, 9.17) is 4.74 Å². The lowest BCUT2D eigenvalue weighted by Gasteiger charge is -2.09. The maximum absolute atomic E-state index is 9.43. The fourth-order valence-electron chi connectivity index (χ4n) is 3.93. The number of imidazole rings is 1. The van der Waals surface area contributed by atoms with Crippen molar-refractivity contribution in [1.82, 2.24) is 24.5 Å². The number of H-pyrrole nitrogens is 1. The number of nitrogens with zero attached hydrogens (tertiary/aromatic N) is 4. The molecule has 5 rings (SSSR count). The lowest BCUT2D eigenvalue weighted by atomic mass is 10.1. The highest BCUT2D eigenvalue weighted by molar-refractivity contribution is 5.84. The zero-order valence-corrected chi connectivity index (χ0v) is 18.5. The first-order valence-corrected chi connectivity index (χ1v) is 10.7. The number of ether oxygens (including phenoxy) is 1. The third kappa shape index (κ3) is 4.18. The van der Waals surface area contributed by atoms with Gasteiger partial charge in [0.1, 0.15) is 24.0 Å². The molecule has 0 bridgehead atoms. The standard InChI is InChI=1S/C24H25N7O2/c1-31-21-6-3-16(11-20(21)29-23(31)14-32)28-22-8-10-26-24(30-22)25-9-7-15-13-27-19-5-4-17(33-2)12-18(15)19/h3-6,8,10-13,27,32H,7,9,14H2,1-2H3,(H2,25,26,28,30). The van der Waals surface area contributed by atoms with Crippen LogP contribution >= 0.6 is 0 Å². The van der Waals surface area contributed by atoms with Gasteiger partial charge in [-0.15, -0.1) is 0 Å². The van der Waals surface area contributed by atoms with Crippen LogP contribution in [0.15, 0.2) is 54.9 Å². The predicted molar refractivity (Wildman–Crippen MR) is 129 cm³/mol. The Balaban J connectivity index is 1.26. The molecule has 0 amide bonds. The molecular weight excluding hydrogens is 418 g/mol. The van der Waals surface area contributed by atoms with Crippen LogP contribution in [0.4, 0.5) is 17.5 Å². The van der Waals surface area contributed by atoms with Crippen LogP contribution in [0.2, 0.25) is 0 Å². The Labute approximate surface area is 190 Å². The van der Waals surface area contributed by atoms with Crippen LogP contribution in [0.25, 0.3) is 21.9 Å². The molecule has 9 nitrogen and oxygen atoms in total. The minimum absolute atomic E-state index is 0.0963. The molecule has 5 aromatic rings. The van der Waals surface area contributed by atoms with Crippen molar-refractivity contribution < 1.29 is 9.84 Å². The van der Waals surface area contributed by atoms with Crippen LogP contribution < -0.4 is 15.4 Å². The normalized spacial score (nSPS) is 11.2. The lowest BCUT2D eigenvalue weighted by molar-refractivity contribution is 0.268. The zero-order chi connectivity index (χ0) is 22.8. The van der Waals surface area contributed by atoms with Crippen LogP contribution in [0.3, 0.4) is 0 Å². The number of aliphatic hydroxyl groups is 1. The summed E-state index contributed by atoms with van der Waals surface area (Å²) < 4.78 is 7.23. The fourth-order valence-corrected chi connectivity index (χ4v) is 3.93. The van der Waals surface area contributed by atoms with Crippen LogP contribution in [0.5, 0.6) is 5.75 Å². The Bertz CT molecular complexity index is 1420. The smallest absolute Gasteiger partial charge is 0.224 e. The summed E-state index contributed by atoms with van der Waals surface area (Å²) >= 11 is 0. The van der Waals surface area contributed by atoms with Gasteiger partial charge in [-0.05, 0) is 54.4 Å². The molecule has 0 radical (unpaired) electrons. The Kier molecular flexibility index (Phi) is 5.54. The molecule has 168 valence electrons. The average molecular weight is 444 g/mol. The number of anilines is 3. The SMILES string of the molecule is COc1ccc2[nH]cc(CCNc3nccc(Nc4ccc5c(c4)nc(CO)n5C)n3)c2c1. The number of hydrogen-bond acceptors (Lipinski definition) is 7. The van der Waals surface area contributed by atoms with Gasteiger partial charge in [-0.3, -0.25) is 0 Å². The van der Waals surface area contributed by atoms with Crippen molar-refractivity contribution in [1.29, 1.82) is 0 Å². The van der Waals surface area contributed by atoms with Gasteiger partial charge < -0.3 is 30.0 Å². The number of benzene rings is 2. The summed E-state index contributed by atoms with van der Waals surface area (Å²) in [4.78, 5) is 16.7. The van der Waals surface area contributed by atoms with Crippen LogP contribution in [0, 0.1) is 0 Å². The van der Waals surface area contributed by atoms with Gasteiger partial charge in [0.25, 0.3) is 0 Å². The molecule has 9 heteroatoms. The van der Waals surface area contributed by atoms with E-state index < -0.39 is 0 Å². The molecule has 0 unspecified atom stereocenters. The molecule has 0 aliphatic rings. The van der Waals surface area contributed by atoms with E-state index in [1.165, 1.54) is 5.56 Å². The Morgan fingerprint density at radius 2 is 2.03 bits per heavy atom. The first-order chi connectivity index (χ1) is 16.1. The molecule has 0 aliphatic carbocycles. The van der Waals surface area contributed by atoms with E-state index in [2.05, 4.69) is 30.6 Å². The summed E-state index contributed by atoms with van der Waals surface area (Å²) in [6.45, 7) is 0.596. The second-order valence-electron chi connectivity index (χ2n) is 7.74. The van der Waals surface area contributed by atoms with Gasteiger partial charge in [0.05, 0.1) is 18.1 Å². The number of aromatic amines is 1. The number of methoxy groups -OCH3 is 1. The molecule has 2 aromatic carbocycles. The molecule has 3 aromatic heterocycles. The summed E-state index contributed by atoms with van der Waals surface area (Å²) in [6.07, 6.45) is 4.57. The largest absolute Gasteiger partial charge is 0.497 e. The first kappa shape index (κ1) is 20.8. The maximum atomic E-state index is 9.43. The first-order valence-electron chi connectivity index (χ1n) is 10.7. The number of aromatic nitrogens is 5. The van der Waals surface area contributed by atoms with E-state index in [-0.39, 0.29) is 6.61 Å². The van der Waals surface area contributed by atoms with Gasteiger partial charge in [-0.1, -0.05) is 0 Å². The zero-order valence-electron chi connectivity index (χ0n) is 18.5. The van der Waals surface area contributed by atoms with Crippen molar-refractivity contribution in [3.8, 4) is 5.75 Å². The lowest BCUT2D eigenvalue weighted by Crippen LogP contribution is -2.08. The monoisotopic (exact) mass is 443 g/mol. The van der Waals surface area contributed by atoms with E-state index in [1.807, 2.05) is 60.3 Å². The van der Waals surface area contributed by atoms with Crippen molar-refractivity contribution in [2.45, 2.75) is 13.0 Å². The van der Waals surface area contributed by atoms with Crippen molar-refractivity contribution in [2.24, 2.45) is 7.05 Å². The second-order valence-corrected chi connectivity index (χ2v) is 7.74. The van der Waals surface area contributed by atoms with Gasteiger partial charge in [-0.2, -0.15) is 4.98 Å². The van der Waals surface area contributed by atoms with Gasteiger partial charge in [0.2, 0.25) is 5.95 Å². The van der Waals surface area contributed by atoms with Crippen LogP contribution in [-0.4, -0.2) is 43.3 Å². The van der Waals surface area contributed by atoms with E-state index >= 15 is 0 Å². The number of rotatable bonds is 8. The molecule has 0 saturated heterocycles. The van der Waals surface area contributed by atoms with Crippen molar-refractivity contribution >= 4 is 39.4 Å². The van der Waals surface area contributed by atoms with Crippen LogP contribution in [0.1, 0.15) is 11.4 Å². The van der Waals surface area contributed by atoms with Crippen molar-refractivity contribution in [2.75, 3.05) is 24.3 Å². The summed E-state index contributed by atoms with van der Waals surface area (Å²) in [7, 11) is 3.57. The number of nitrogens with one attached hydrogen (secondary N) is 3. The summed E-state index contributed by atoms with van der Waals surface area (Å²) in [5, 5.41) is 17.2. The molecular formula is C24H25N7O2. The molecule has 0 fully saturated rings. The summed E-state index contributed by atoms with van der Waals surface area (Å²) in [5.74, 6) is 2.71. The minimum Gasteiger partial charge on any atom is -0.497 e. The molecule has 0 atom stereocenters. The Morgan fingerprint density at radius 3 is 2.88 bits per heavy atom. The number of hydrogen-bond donors (Lipinski definition) is 4. The molecule has 3 heterocycles. The van der Waals surface area contributed by atoms with Crippen molar-refractivity contribution in [3.05, 3.63) is 66.2 Å². The quantitative estimate of drug-likeness (QED) is 0.289. The number of aryl methyl sites for hydroxylation is 1. The molecule has 0 aliphatic heterocycles. The van der Waals surface area contributed by atoms with E-state index in [1.54, 1.807) is 13.3 Å². The maximum Gasteiger partial charge on any atom is 0.224 e. The third-order valence-corrected chi connectivity index (χ3v) is 5.69. The highest BCUT2D eigenvalue weighted by Gasteiger charge is 2.09. The highest BCUT2D eigenvalue weighted by atomic mass is 16.5. The molecule has 0 spiro atoms. The number of fused-ring (bicyclic) bond motifs is 2. The van der Waals surface area contributed by atoms with Gasteiger partial charge in [0.15, 0.2) is 0 Å². The molecule has 33 heavy (non-hydrogen) atoms. The minimum atomic E-state index is -0.0963. The van der Waals surface area contributed by atoms with Gasteiger partial charge >= 0.3 is 0 Å². The highest BCUT2D eigenvalue weighted by Crippen LogP contribution is 2.24. The fraction of sp³-hybridized carbons (Fsp3) is 0.208. The molecule has 0 saturated carbocycles. The molecule has 4 N–H and O–H groups in total. The van der Waals surface area contributed by atoms with Gasteiger partial charge in [-0.25, -0.2) is 9.97 Å². The summed E-state index contributed by atoms with van der Waals surface area (Å²) in [6, 6.07) is 13.7. The number of aliphatic hydroxyl groups excluding tert-OH is 1. The van der Waals surface area contributed by atoms with Crippen molar-refractivity contribution in [3.63, 3.8) is 0 Å². The second kappa shape index (κ2) is 8.79. The topological polar surface area (TPSA) is 113 Å². The van der Waals surface area contributed by atoms with E-state index in [0.717, 1.165) is 39.8 Å². The third-order valence-electron chi connectivity index (χ3n) is 5.69. The average Bonchev–Trinajstić information content (AvgIpc) is 3.39. The Morgan fingerprint density at radius 1 is 1.12 bits per heavy atom. The Hall–Kier alpha value is -4.11. The predicted octanol–water partition coefficient (Wildman–Crippen LogP) is 3.74. The van der Waals surface area contributed by atoms with Crippen LogP contribution in [-0.2, 0) is 20.1 Å². The summed E-state index contributed by atoms with van der Waals surface area (Å²) in [5.41, 5.74) is 4.93. The van der Waals surface area contributed by atoms with Gasteiger partial charge in [0, 0.05) is 42.6 Å².